The maximum Gasteiger partial charge on any atom is 0.435 e. The van der Waals surface area contributed by atoms with Crippen LogP contribution in [0.25, 0.3) is 16.9 Å². The molecular formula is C17H17N2O3+. The Kier molecular flexibility index (Phi) is 3.78. The number of H-pyrrole nitrogens is 1. The van der Waals surface area contributed by atoms with Crippen molar-refractivity contribution in [1.29, 1.82) is 0 Å². The SMILES string of the molecule is CCOc1ccc(-[n+]2[nH]oc(=O)c2-c2ccc(C)cc2)cc1. The third-order valence-electron chi connectivity index (χ3n) is 3.38. The summed E-state index contributed by atoms with van der Waals surface area (Å²) in [6.07, 6.45) is 0. The Morgan fingerprint density at radius 2 is 1.77 bits per heavy atom. The zero-order valence-corrected chi connectivity index (χ0v) is 12.5. The van der Waals surface area contributed by atoms with Crippen molar-refractivity contribution >= 4 is 0 Å². The van der Waals surface area contributed by atoms with Crippen molar-refractivity contribution in [2.45, 2.75) is 13.8 Å². The number of rotatable bonds is 4. The highest BCUT2D eigenvalue weighted by molar-refractivity contribution is 5.55. The smallest absolute Gasteiger partial charge is 0.435 e. The van der Waals surface area contributed by atoms with Crippen LogP contribution in [0.4, 0.5) is 0 Å². The second-order valence-electron chi connectivity index (χ2n) is 4.96. The molecule has 0 aliphatic rings. The molecule has 0 amide bonds. The number of nitrogens with zero attached hydrogens (tertiary/aromatic N) is 1. The molecule has 112 valence electrons. The van der Waals surface area contributed by atoms with Gasteiger partial charge in [0.15, 0.2) is 0 Å². The summed E-state index contributed by atoms with van der Waals surface area (Å²) in [6, 6.07) is 15.2. The first kappa shape index (κ1) is 14.1. The molecule has 5 nitrogen and oxygen atoms in total. The summed E-state index contributed by atoms with van der Waals surface area (Å²) in [6.45, 7) is 4.55. The minimum Gasteiger partial charge on any atom is -0.494 e. The minimum atomic E-state index is -0.405. The highest BCUT2D eigenvalue weighted by Gasteiger charge is 2.25. The summed E-state index contributed by atoms with van der Waals surface area (Å²) >= 11 is 0. The lowest BCUT2D eigenvalue weighted by Gasteiger charge is -2.01. The molecule has 0 bridgehead atoms. The summed E-state index contributed by atoms with van der Waals surface area (Å²) in [4.78, 5) is 12.0. The van der Waals surface area contributed by atoms with Crippen LogP contribution >= 0.6 is 0 Å². The van der Waals surface area contributed by atoms with Crippen LogP contribution in [0.1, 0.15) is 12.5 Å². The predicted octanol–water partition coefficient (Wildman–Crippen LogP) is 2.62. The van der Waals surface area contributed by atoms with Crippen LogP contribution < -0.4 is 15.0 Å². The molecule has 1 N–H and O–H groups in total. The van der Waals surface area contributed by atoms with Crippen molar-refractivity contribution in [1.82, 2.24) is 5.27 Å². The molecule has 22 heavy (non-hydrogen) atoms. The van der Waals surface area contributed by atoms with Gasteiger partial charge >= 0.3 is 11.3 Å². The van der Waals surface area contributed by atoms with Crippen molar-refractivity contribution < 1.29 is 13.9 Å². The Morgan fingerprint density at radius 3 is 2.41 bits per heavy atom. The van der Waals surface area contributed by atoms with Gasteiger partial charge in [-0.25, -0.2) is 4.79 Å². The lowest BCUT2D eigenvalue weighted by atomic mass is 10.1. The normalized spacial score (nSPS) is 10.6. The van der Waals surface area contributed by atoms with Crippen LogP contribution in [0.5, 0.6) is 5.75 Å². The van der Waals surface area contributed by atoms with E-state index in [1.54, 1.807) is 4.68 Å². The van der Waals surface area contributed by atoms with Crippen LogP contribution in [0.3, 0.4) is 0 Å². The van der Waals surface area contributed by atoms with Crippen molar-refractivity contribution in [2.24, 2.45) is 0 Å². The molecule has 0 atom stereocenters. The minimum absolute atomic E-state index is 0.405. The molecule has 1 heterocycles. The molecule has 1 aromatic heterocycles. The van der Waals surface area contributed by atoms with Crippen LogP contribution in [0.15, 0.2) is 57.8 Å². The molecule has 2 aromatic carbocycles. The number of aromatic nitrogens is 2. The zero-order valence-electron chi connectivity index (χ0n) is 12.5. The van der Waals surface area contributed by atoms with Crippen LogP contribution in [0.2, 0.25) is 0 Å². The van der Waals surface area contributed by atoms with Crippen molar-refractivity contribution in [2.75, 3.05) is 6.61 Å². The second-order valence-corrected chi connectivity index (χ2v) is 4.96. The van der Waals surface area contributed by atoms with Crippen molar-refractivity contribution in [3.8, 4) is 22.7 Å². The Morgan fingerprint density at radius 1 is 1.09 bits per heavy atom. The maximum atomic E-state index is 12.0. The van der Waals surface area contributed by atoms with E-state index >= 15 is 0 Å². The molecule has 3 aromatic rings. The zero-order chi connectivity index (χ0) is 15.5. The average molecular weight is 297 g/mol. The Balaban J connectivity index is 2.05. The van der Waals surface area contributed by atoms with E-state index in [9.17, 15) is 4.79 Å². The van der Waals surface area contributed by atoms with Gasteiger partial charge in [0.1, 0.15) is 5.75 Å². The molecule has 5 heteroatoms. The van der Waals surface area contributed by atoms with Crippen molar-refractivity contribution in [3.63, 3.8) is 0 Å². The van der Waals surface area contributed by atoms with Gasteiger partial charge in [-0.3, -0.25) is 4.52 Å². The molecule has 0 aliphatic carbocycles. The number of aromatic amines is 1. The van der Waals surface area contributed by atoms with Gasteiger partial charge in [0.05, 0.1) is 12.2 Å². The number of hydrogen-bond donors (Lipinski definition) is 1. The third kappa shape index (κ3) is 2.65. The number of hydrogen-bond acceptors (Lipinski definition) is 3. The van der Waals surface area contributed by atoms with Gasteiger partial charge in [0.2, 0.25) is 5.69 Å². The third-order valence-corrected chi connectivity index (χ3v) is 3.38. The number of ether oxygens (including phenoxy) is 1. The fourth-order valence-electron chi connectivity index (χ4n) is 2.27. The lowest BCUT2D eigenvalue weighted by Crippen LogP contribution is -2.36. The Labute approximate surface area is 127 Å². The number of nitrogens with one attached hydrogen (secondary N) is 1. The topological polar surface area (TPSA) is 59.1 Å². The quantitative estimate of drug-likeness (QED) is 0.753. The van der Waals surface area contributed by atoms with E-state index in [1.165, 1.54) is 0 Å². The average Bonchev–Trinajstić information content (AvgIpc) is 2.91. The summed E-state index contributed by atoms with van der Waals surface area (Å²) < 4.78 is 12.0. The summed E-state index contributed by atoms with van der Waals surface area (Å²) in [5, 5.41) is 2.64. The molecule has 0 spiro atoms. The molecule has 0 saturated carbocycles. The molecule has 0 unspecified atom stereocenters. The lowest BCUT2D eigenvalue weighted by molar-refractivity contribution is -0.660. The Hall–Kier alpha value is -2.82. The Bertz CT molecular complexity index is 814. The van der Waals surface area contributed by atoms with E-state index in [0.717, 1.165) is 22.6 Å². The van der Waals surface area contributed by atoms with Crippen LogP contribution in [0, 0.1) is 6.92 Å². The first-order chi connectivity index (χ1) is 10.7. The molecule has 0 saturated heterocycles. The molecule has 3 rings (SSSR count). The molecule has 0 fully saturated rings. The van der Waals surface area contributed by atoms with E-state index in [4.69, 9.17) is 9.26 Å². The van der Waals surface area contributed by atoms with Gasteiger partial charge < -0.3 is 4.74 Å². The highest BCUT2D eigenvalue weighted by atomic mass is 16.5. The predicted molar refractivity (Wildman–Crippen MR) is 82.2 cm³/mol. The fourth-order valence-corrected chi connectivity index (χ4v) is 2.27. The van der Waals surface area contributed by atoms with E-state index < -0.39 is 5.63 Å². The van der Waals surface area contributed by atoms with Crippen LogP contribution in [-0.2, 0) is 0 Å². The van der Waals surface area contributed by atoms with E-state index in [1.807, 2.05) is 62.4 Å². The molecule has 0 radical (unpaired) electrons. The van der Waals surface area contributed by atoms with Gasteiger partial charge in [0.25, 0.3) is 0 Å². The van der Waals surface area contributed by atoms with Crippen LogP contribution in [-0.4, -0.2) is 11.9 Å². The van der Waals surface area contributed by atoms with Gasteiger partial charge in [-0.05, 0) is 48.1 Å². The maximum absolute atomic E-state index is 12.0. The van der Waals surface area contributed by atoms with E-state index in [0.29, 0.717) is 12.3 Å². The summed E-state index contributed by atoms with van der Waals surface area (Å²) in [7, 11) is 0. The summed E-state index contributed by atoms with van der Waals surface area (Å²) in [5.74, 6) is 0.787. The summed E-state index contributed by atoms with van der Waals surface area (Å²) in [5.41, 5.74) is 2.79. The monoisotopic (exact) mass is 297 g/mol. The van der Waals surface area contributed by atoms with Gasteiger partial charge in [-0.1, -0.05) is 17.7 Å². The van der Waals surface area contributed by atoms with Gasteiger partial charge in [-0.15, -0.1) is 0 Å². The first-order valence-electron chi connectivity index (χ1n) is 7.13. The molecule has 0 aliphatic heterocycles. The molecular weight excluding hydrogens is 280 g/mol. The van der Waals surface area contributed by atoms with Gasteiger partial charge in [0, 0.05) is 12.1 Å². The van der Waals surface area contributed by atoms with E-state index in [2.05, 4.69) is 5.27 Å². The first-order valence-corrected chi connectivity index (χ1v) is 7.13. The van der Waals surface area contributed by atoms with Crippen molar-refractivity contribution in [3.05, 3.63) is 64.5 Å². The standard InChI is InChI=1S/C17H16N2O3/c1-3-21-15-10-8-14(9-11-15)19-16(17(20)22-18-19)13-6-4-12(2)5-7-13/h4-11H,3H2,1-2H3/p+1. The number of aryl methyl sites for hydroxylation is 1. The largest absolute Gasteiger partial charge is 0.494 e. The number of benzene rings is 2. The fraction of sp³-hybridized carbons (Fsp3) is 0.176. The second kappa shape index (κ2) is 5.89. The van der Waals surface area contributed by atoms with E-state index in [-0.39, 0.29) is 0 Å². The van der Waals surface area contributed by atoms with Gasteiger partial charge in [-0.2, -0.15) is 0 Å². The highest BCUT2D eigenvalue weighted by Crippen LogP contribution is 2.16.